The molecule has 1 saturated heterocycles. The Hall–Kier alpha value is -1.83. The van der Waals surface area contributed by atoms with Crippen LogP contribution in [0.4, 0.5) is 0 Å². The molecule has 3 aliphatic carbocycles. The summed E-state index contributed by atoms with van der Waals surface area (Å²) in [4.78, 5) is 27.7. The predicted octanol–water partition coefficient (Wildman–Crippen LogP) is 1.70. The fourth-order valence-corrected chi connectivity index (χ4v) is 5.18. The molecule has 0 aromatic carbocycles. The zero-order chi connectivity index (χ0) is 17.8. The maximum Gasteiger partial charge on any atom is 0.320 e. The smallest absolute Gasteiger partial charge is 0.320 e. The molecule has 1 aliphatic heterocycles. The molecule has 1 heterocycles. The van der Waals surface area contributed by atoms with E-state index >= 15 is 0 Å². The first-order valence-electron chi connectivity index (χ1n) is 8.63. The molecule has 0 bridgehead atoms. The second-order valence-corrected chi connectivity index (χ2v) is 7.25. The second kappa shape index (κ2) is 5.59. The largest absolute Gasteiger partial charge is 0.469 e. The number of rotatable bonds is 3. The highest BCUT2D eigenvalue weighted by Crippen LogP contribution is 2.69. The number of fused-ring (bicyclic) bond motifs is 3. The van der Waals surface area contributed by atoms with E-state index in [4.69, 9.17) is 24.5 Å². The van der Waals surface area contributed by atoms with Gasteiger partial charge >= 0.3 is 11.9 Å². The molecule has 4 fully saturated rings. The van der Waals surface area contributed by atoms with Crippen molar-refractivity contribution < 1.29 is 28.5 Å². The third kappa shape index (κ3) is 2.06. The van der Waals surface area contributed by atoms with Crippen molar-refractivity contribution in [2.24, 2.45) is 22.9 Å². The summed E-state index contributed by atoms with van der Waals surface area (Å²) in [6.07, 6.45) is 3.31. The average molecular weight is 351 g/mol. The molecule has 9 heteroatoms. The number of esters is 2. The lowest BCUT2D eigenvalue weighted by Gasteiger charge is -2.35. The van der Waals surface area contributed by atoms with Crippen molar-refractivity contribution in [1.82, 2.24) is 0 Å². The number of methoxy groups -OCH3 is 2. The molecule has 0 N–H and O–H groups in total. The molecule has 1 spiro atoms. The Balaban J connectivity index is 1.75. The average Bonchev–Trinajstić information content (AvgIpc) is 3.20. The summed E-state index contributed by atoms with van der Waals surface area (Å²) in [5, 5.41) is 3.83. The number of hydrogen-bond acceptors (Lipinski definition) is 7. The normalized spacial score (nSPS) is 42.9. The number of hydrogen-bond donors (Lipinski definition) is 0. The van der Waals surface area contributed by atoms with Crippen molar-refractivity contribution in [3.05, 3.63) is 10.4 Å². The summed E-state index contributed by atoms with van der Waals surface area (Å²) < 4.78 is 22.3. The summed E-state index contributed by atoms with van der Waals surface area (Å²) in [7, 11) is 2.54. The Labute approximate surface area is 144 Å². The molecule has 0 aromatic heterocycles. The molecule has 4 rings (SSSR count). The summed E-state index contributed by atoms with van der Waals surface area (Å²) >= 11 is 0. The van der Waals surface area contributed by atoms with Crippen molar-refractivity contribution in [1.29, 1.82) is 0 Å². The predicted molar refractivity (Wildman–Crippen MR) is 81.9 cm³/mol. The second-order valence-electron chi connectivity index (χ2n) is 7.25. The molecule has 9 nitrogen and oxygen atoms in total. The van der Waals surface area contributed by atoms with Crippen LogP contribution >= 0.6 is 0 Å². The van der Waals surface area contributed by atoms with Crippen LogP contribution < -0.4 is 0 Å². The third-order valence-electron chi connectivity index (χ3n) is 6.20. The van der Waals surface area contributed by atoms with Gasteiger partial charge in [-0.15, -0.1) is 0 Å². The minimum absolute atomic E-state index is 0.261. The van der Waals surface area contributed by atoms with Crippen LogP contribution in [0.3, 0.4) is 0 Å². The molecule has 25 heavy (non-hydrogen) atoms. The molecule has 3 saturated carbocycles. The number of carbonyl (C=O) groups is 2. The van der Waals surface area contributed by atoms with Crippen LogP contribution in [-0.4, -0.2) is 49.7 Å². The molecule has 0 radical (unpaired) electrons. The minimum Gasteiger partial charge on any atom is -0.469 e. The van der Waals surface area contributed by atoms with Crippen molar-refractivity contribution in [3.63, 3.8) is 0 Å². The van der Waals surface area contributed by atoms with Crippen molar-refractivity contribution >= 4 is 11.9 Å². The van der Waals surface area contributed by atoms with Gasteiger partial charge in [-0.25, -0.2) is 0 Å². The maximum absolute atomic E-state index is 12.7. The first-order valence-corrected chi connectivity index (χ1v) is 8.63. The quantitative estimate of drug-likeness (QED) is 0.330. The van der Waals surface area contributed by atoms with E-state index in [1.807, 2.05) is 0 Å². The first-order chi connectivity index (χ1) is 12.0. The van der Waals surface area contributed by atoms with Gasteiger partial charge in [0.1, 0.15) is 6.10 Å². The van der Waals surface area contributed by atoms with E-state index in [1.54, 1.807) is 0 Å². The Morgan fingerprint density at radius 2 is 1.88 bits per heavy atom. The van der Waals surface area contributed by atoms with Gasteiger partial charge in [-0.2, -0.15) is 0 Å². The van der Waals surface area contributed by atoms with Gasteiger partial charge in [0.2, 0.25) is 0 Å². The maximum atomic E-state index is 12.7. The van der Waals surface area contributed by atoms with Crippen LogP contribution in [0.15, 0.2) is 5.11 Å². The number of ether oxygens (including phenoxy) is 4. The first kappa shape index (κ1) is 16.6. The Kier molecular flexibility index (Phi) is 3.72. The van der Waals surface area contributed by atoms with Gasteiger partial charge < -0.3 is 18.9 Å². The molecular weight excluding hydrogens is 330 g/mol. The van der Waals surface area contributed by atoms with Crippen LogP contribution in [0.25, 0.3) is 10.4 Å². The summed E-state index contributed by atoms with van der Waals surface area (Å²) in [6.45, 7) is 0. The Morgan fingerprint density at radius 3 is 2.48 bits per heavy atom. The van der Waals surface area contributed by atoms with Crippen molar-refractivity contribution in [3.8, 4) is 0 Å². The fourth-order valence-electron chi connectivity index (χ4n) is 5.18. The molecule has 0 aromatic rings. The van der Waals surface area contributed by atoms with Gasteiger partial charge in [0.25, 0.3) is 0 Å². The molecule has 4 aliphatic rings. The minimum atomic E-state index is -1.58. The van der Waals surface area contributed by atoms with Gasteiger partial charge in [-0.1, -0.05) is 11.5 Å². The Morgan fingerprint density at radius 1 is 1.16 bits per heavy atom. The van der Waals surface area contributed by atoms with Gasteiger partial charge in [0.05, 0.1) is 26.2 Å². The van der Waals surface area contributed by atoms with E-state index in [0.29, 0.717) is 0 Å². The van der Waals surface area contributed by atoms with E-state index in [2.05, 4.69) is 10.0 Å². The van der Waals surface area contributed by atoms with Gasteiger partial charge in [-0.05, 0) is 18.4 Å². The number of nitrogens with zero attached hydrogens (tertiary/aromatic N) is 3. The molecule has 6 atom stereocenters. The Bertz CT molecular complexity index is 656. The van der Waals surface area contributed by atoms with E-state index < -0.39 is 47.3 Å². The number of azide groups is 1. The lowest BCUT2D eigenvalue weighted by molar-refractivity contribution is -0.206. The lowest BCUT2D eigenvalue weighted by Crippen LogP contribution is -2.52. The van der Waals surface area contributed by atoms with Crippen molar-refractivity contribution in [2.45, 2.75) is 55.6 Å². The van der Waals surface area contributed by atoms with Crippen LogP contribution in [0.2, 0.25) is 0 Å². The topological polar surface area (TPSA) is 120 Å². The van der Waals surface area contributed by atoms with Crippen LogP contribution in [-0.2, 0) is 28.5 Å². The van der Waals surface area contributed by atoms with Crippen LogP contribution in [0.1, 0.15) is 32.1 Å². The highest BCUT2D eigenvalue weighted by molar-refractivity contribution is 5.88. The molecule has 136 valence electrons. The van der Waals surface area contributed by atoms with Gasteiger partial charge in [-0.3, -0.25) is 9.59 Å². The van der Waals surface area contributed by atoms with E-state index in [1.165, 1.54) is 14.2 Å². The number of carbonyl (C=O) groups excluding carboxylic acids is 2. The van der Waals surface area contributed by atoms with Gasteiger partial charge in [0, 0.05) is 29.6 Å². The monoisotopic (exact) mass is 351 g/mol. The van der Waals surface area contributed by atoms with Crippen LogP contribution in [0.5, 0.6) is 0 Å². The zero-order valence-corrected chi connectivity index (χ0v) is 14.2. The summed E-state index contributed by atoms with van der Waals surface area (Å²) in [6, 6.07) is 0. The summed E-state index contributed by atoms with van der Waals surface area (Å²) in [5.41, 5.74) is 7.53. The SMILES string of the molecule is COC(=O)[C@H]1[C@@H]2[C@H]3OC4(CCCCC4)O[C@H]3[C@@](N=[N+]=[N-])(C(=O)OC)[C@H]12. The van der Waals surface area contributed by atoms with E-state index in [0.717, 1.165) is 32.1 Å². The highest BCUT2D eigenvalue weighted by atomic mass is 16.8. The standard InChI is InChI=1S/C16H21N3O6/c1-22-13(20)9-8-10(9)16(18-19-17,14(21)23-2)12-11(8)24-15(25-12)6-4-3-5-7-15/h8-12H,3-7H2,1-2H3/t8-,9-,10-,11+,12+,16+/m0/s1. The zero-order valence-electron chi connectivity index (χ0n) is 14.2. The fraction of sp³-hybridized carbons (Fsp3) is 0.875. The molecule has 0 unspecified atom stereocenters. The molecular formula is C16H21N3O6. The molecule has 0 amide bonds. The summed E-state index contributed by atoms with van der Waals surface area (Å²) in [5.74, 6) is -3.19. The van der Waals surface area contributed by atoms with E-state index in [-0.39, 0.29) is 5.92 Å². The van der Waals surface area contributed by atoms with E-state index in [9.17, 15) is 9.59 Å². The van der Waals surface area contributed by atoms with Crippen LogP contribution in [0, 0.1) is 17.8 Å². The highest BCUT2D eigenvalue weighted by Gasteiger charge is 2.83. The third-order valence-corrected chi connectivity index (χ3v) is 6.20. The van der Waals surface area contributed by atoms with Gasteiger partial charge in [0.15, 0.2) is 11.3 Å². The van der Waals surface area contributed by atoms with Crippen molar-refractivity contribution in [2.75, 3.05) is 14.2 Å². The lowest BCUT2D eigenvalue weighted by atomic mass is 9.87.